The number of hydrogen-bond donors (Lipinski definition) is 0. The van der Waals surface area contributed by atoms with E-state index >= 15 is 0 Å². The van der Waals surface area contributed by atoms with Gasteiger partial charge >= 0.3 is 0 Å². The minimum Gasteiger partial charge on any atom is -0.292 e. The van der Waals surface area contributed by atoms with Gasteiger partial charge in [-0.05, 0) is 13.8 Å². The smallest absolute Gasteiger partial charge is 0.0398 e. The van der Waals surface area contributed by atoms with Crippen molar-refractivity contribution in [1.82, 2.24) is 0 Å². The molecule has 0 aliphatic carbocycles. The van der Waals surface area contributed by atoms with Gasteiger partial charge in [0, 0.05) is 0 Å². The maximum atomic E-state index is 2.34. The van der Waals surface area contributed by atoms with Crippen molar-refractivity contribution in [3.05, 3.63) is 29.3 Å². The van der Waals surface area contributed by atoms with E-state index in [1.54, 1.807) is 5.19 Å². The predicted molar refractivity (Wildman–Crippen MR) is 53.0 cm³/mol. The van der Waals surface area contributed by atoms with E-state index in [9.17, 15) is 0 Å². The van der Waals surface area contributed by atoms with Crippen LogP contribution in [-0.4, -0.2) is 8.80 Å². The fourth-order valence-electron chi connectivity index (χ4n) is 1.37. The van der Waals surface area contributed by atoms with Crippen molar-refractivity contribution in [3.8, 4) is 0 Å². The molecule has 0 nitrogen and oxygen atoms in total. The van der Waals surface area contributed by atoms with Gasteiger partial charge in [-0.1, -0.05) is 29.3 Å². The zero-order chi connectivity index (χ0) is 8.43. The molecule has 0 aliphatic rings. The molecule has 0 heterocycles. The second kappa shape index (κ2) is 3.22. The van der Waals surface area contributed by atoms with Crippen molar-refractivity contribution in [2.75, 3.05) is 0 Å². The average Bonchev–Trinajstić information content (AvgIpc) is 1.85. The molecule has 0 unspecified atom stereocenters. The van der Waals surface area contributed by atoms with Crippen molar-refractivity contribution in [2.45, 2.75) is 26.9 Å². The third kappa shape index (κ3) is 1.93. The van der Waals surface area contributed by atoms with Crippen molar-refractivity contribution < 1.29 is 0 Å². The summed E-state index contributed by atoms with van der Waals surface area (Å²) in [6, 6.07) is 6.76. The van der Waals surface area contributed by atoms with Crippen LogP contribution in [0.3, 0.4) is 0 Å². The average molecular weight is 163 g/mol. The lowest BCUT2D eigenvalue weighted by atomic mass is 10.2. The molecule has 0 saturated heterocycles. The Bertz CT molecular complexity index is 251. The van der Waals surface area contributed by atoms with Crippen LogP contribution in [0.25, 0.3) is 0 Å². The molecular weight excluding hydrogens is 148 g/mol. The zero-order valence-corrected chi connectivity index (χ0v) is 8.73. The van der Waals surface area contributed by atoms with E-state index in [0.29, 0.717) is 0 Å². The SMILES string of the molecule is Cc1ccc([Si-](C)C)c(C)c1. The van der Waals surface area contributed by atoms with Gasteiger partial charge in [0.1, 0.15) is 0 Å². The van der Waals surface area contributed by atoms with E-state index < -0.39 is 0 Å². The topological polar surface area (TPSA) is 0 Å². The maximum absolute atomic E-state index is 2.34. The summed E-state index contributed by atoms with van der Waals surface area (Å²) in [6.45, 7) is 9.03. The molecule has 0 bridgehead atoms. The quantitative estimate of drug-likeness (QED) is 0.557. The number of benzene rings is 1. The molecular formula is C10H15Si-. The Kier molecular flexibility index (Phi) is 2.50. The van der Waals surface area contributed by atoms with Gasteiger partial charge in [-0.15, -0.1) is 0 Å². The summed E-state index contributed by atoms with van der Waals surface area (Å²) in [6.07, 6.45) is 0. The Labute approximate surface area is 70.9 Å². The molecule has 1 aromatic carbocycles. The van der Waals surface area contributed by atoms with Crippen LogP contribution in [0.15, 0.2) is 18.2 Å². The molecule has 1 aromatic rings. The third-order valence-electron chi connectivity index (χ3n) is 1.92. The molecule has 0 saturated carbocycles. The zero-order valence-electron chi connectivity index (χ0n) is 7.73. The fraction of sp³-hybridized carbons (Fsp3) is 0.400. The fourth-order valence-corrected chi connectivity index (χ4v) is 2.65. The normalized spacial score (nSPS) is 9.82. The van der Waals surface area contributed by atoms with Crippen LogP contribution in [0, 0.1) is 13.8 Å². The Balaban J connectivity index is 3.09. The lowest BCUT2D eigenvalue weighted by molar-refractivity contribution is 1.41. The molecule has 0 N–H and O–H groups in total. The molecule has 11 heavy (non-hydrogen) atoms. The largest absolute Gasteiger partial charge is 0.292 e. The molecule has 0 fully saturated rings. The maximum Gasteiger partial charge on any atom is -0.0398 e. The molecule has 0 aliphatic heterocycles. The summed E-state index contributed by atoms with van der Waals surface area (Å²) in [7, 11) is -0.259. The molecule has 0 atom stereocenters. The number of aryl methyl sites for hydroxylation is 2. The van der Waals surface area contributed by atoms with Crippen molar-refractivity contribution in [3.63, 3.8) is 0 Å². The van der Waals surface area contributed by atoms with E-state index in [0.717, 1.165) is 0 Å². The van der Waals surface area contributed by atoms with Crippen molar-refractivity contribution in [2.24, 2.45) is 0 Å². The summed E-state index contributed by atoms with van der Waals surface area (Å²) in [5, 5.41) is 1.57. The van der Waals surface area contributed by atoms with Gasteiger partial charge in [0.25, 0.3) is 0 Å². The van der Waals surface area contributed by atoms with Gasteiger partial charge in [-0.2, -0.15) is 18.3 Å². The lowest BCUT2D eigenvalue weighted by Crippen LogP contribution is -2.25. The summed E-state index contributed by atoms with van der Waals surface area (Å²) >= 11 is 0. The van der Waals surface area contributed by atoms with Gasteiger partial charge < -0.3 is 0 Å². The second-order valence-corrected chi connectivity index (χ2v) is 5.86. The first-order chi connectivity index (χ1) is 5.11. The molecule has 0 radical (unpaired) electrons. The summed E-state index contributed by atoms with van der Waals surface area (Å²) in [5.74, 6) is 0. The molecule has 1 heteroatoms. The van der Waals surface area contributed by atoms with Gasteiger partial charge in [-0.3, -0.25) is 8.80 Å². The van der Waals surface area contributed by atoms with E-state index in [1.165, 1.54) is 11.1 Å². The number of hydrogen-bond acceptors (Lipinski definition) is 0. The molecule has 0 aromatic heterocycles. The highest BCUT2D eigenvalue weighted by molar-refractivity contribution is 6.71. The Morgan fingerprint density at radius 3 is 2.18 bits per heavy atom. The highest BCUT2D eigenvalue weighted by Gasteiger charge is 1.91. The Hall–Kier alpha value is -0.563. The van der Waals surface area contributed by atoms with Crippen LogP contribution in [-0.2, 0) is 0 Å². The third-order valence-corrected chi connectivity index (χ3v) is 3.56. The summed E-state index contributed by atoms with van der Waals surface area (Å²) in [5.41, 5.74) is 2.83. The standard InChI is InChI=1S/C10H15Si/c1-8-5-6-10(11(3)4)9(2)7-8/h5-7H,1-4H3/q-1. The van der Waals surface area contributed by atoms with Gasteiger partial charge in [0.15, 0.2) is 0 Å². The minimum atomic E-state index is -0.259. The van der Waals surface area contributed by atoms with Crippen LogP contribution in [0.1, 0.15) is 11.1 Å². The first-order valence-electron chi connectivity index (χ1n) is 3.99. The molecule has 1 rings (SSSR count). The van der Waals surface area contributed by atoms with Crippen LogP contribution < -0.4 is 5.19 Å². The highest BCUT2D eigenvalue weighted by atomic mass is 28.3. The van der Waals surface area contributed by atoms with Gasteiger partial charge in [-0.25, -0.2) is 0 Å². The van der Waals surface area contributed by atoms with Crippen molar-refractivity contribution >= 4 is 14.0 Å². The molecule has 0 amide bonds. The van der Waals surface area contributed by atoms with Crippen LogP contribution in [0.4, 0.5) is 0 Å². The van der Waals surface area contributed by atoms with Crippen LogP contribution in [0.2, 0.25) is 13.1 Å². The molecule has 60 valence electrons. The van der Waals surface area contributed by atoms with Crippen molar-refractivity contribution in [1.29, 1.82) is 0 Å². The van der Waals surface area contributed by atoms with E-state index in [4.69, 9.17) is 0 Å². The first kappa shape index (κ1) is 8.53. The van der Waals surface area contributed by atoms with Crippen LogP contribution in [0.5, 0.6) is 0 Å². The van der Waals surface area contributed by atoms with E-state index in [1.807, 2.05) is 0 Å². The summed E-state index contributed by atoms with van der Waals surface area (Å²) < 4.78 is 0. The predicted octanol–water partition coefficient (Wildman–Crippen LogP) is 2.26. The lowest BCUT2D eigenvalue weighted by Gasteiger charge is -2.22. The van der Waals surface area contributed by atoms with Gasteiger partial charge in [0.05, 0.1) is 0 Å². The second-order valence-electron chi connectivity index (χ2n) is 3.32. The Morgan fingerprint density at radius 1 is 1.09 bits per heavy atom. The van der Waals surface area contributed by atoms with E-state index in [-0.39, 0.29) is 8.80 Å². The number of rotatable bonds is 1. The molecule has 0 spiro atoms. The Morgan fingerprint density at radius 2 is 1.73 bits per heavy atom. The van der Waals surface area contributed by atoms with E-state index in [2.05, 4.69) is 45.1 Å². The van der Waals surface area contributed by atoms with Gasteiger partial charge in [0.2, 0.25) is 0 Å². The summed E-state index contributed by atoms with van der Waals surface area (Å²) in [4.78, 5) is 0. The van der Waals surface area contributed by atoms with Crippen LogP contribution >= 0.6 is 0 Å². The first-order valence-corrected chi connectivity index (χ1v) is 6.49. The monoisotopic (exact) mass is 163 g/mol. The highest BCUT2D eigenvalue weighted by Crippen LogP contribution is 2.01. The minimum absolute atomic E-state index is 0.259.